The third kappa shape index (κ3) is 6.92. The first kappa shape index (κ1) is 30.4. The van der Waals surface area contributed by atoms with E-state index in [4.69, 9.17) is 0 Å². The minimum atomic E-state index is -3.30. The highest BCUT2D eigenvalue weighted by Crippen LogP contribution is 2.37. The number of amides is 1. The Hall–Kier alpha value is -3.11. The molecule has 2 fully saturated rings. The van der Waals surface area contributed by atoms with Crippen LogP contribution >= 0.6 is 0 Å². The molecule has 0 spiro atoms. The minimum Gasteiger partial charge on any atom is -0.339 e. The number of fused-ring (bicyclic) bond motifs is 1. The van der Waals surface area contributed by atoms with Crippen LogP contribution in [0, 0.1) is 11.7 Å². The summed E-state index contributed by atoms with van der Waals surface area (Å²) in [5, 5.41) is 1.12. The molecule has 0 unspecified atom stereocenters. The van der Waals surface area contributed by atoms with Crippen LogP contribution in [0.15, 0.2) is 47.3 Å². The maximum absolute atomic E-state index is 14.4. The first-order chi connectivity index (χ1) is 20.0. The van der Waals surface area contributed by atoms with E-state index in [1.54, 1.807) is 18.0 Å². The molecular formula is C32H42FN5O3S. The summed E-state index contributed by atoms with van der Waals surface area (Å²) in [6.07, 6.45) is 13.7. The van der Waals surface area contributed by atoms with E-state index >= 15 is 0 Å². The van der Waals surface area contributed by atoms with Gasteiger partial charge in [0.1, 0.15) is 5.82 Å². The summed E-state index contributed by atoms with van der Waals surface area (Å²) < 4.78 is 43.2. The molecule has 2 aliphatic rings. The van der Waals surface area contributed by atoms with Crippen molar-refractivity contribution in [1.29, 1.82) is 0 Å². The number of pyridine rings is 1. The van der Waals surface area contributed by atoms with Crippen molar-refractivity contribution in [3.63, 3.8) is 0 Å². The Balaban J connectivity index is 1.28. The predicted molar refractivity (Wildman–Crippen MR) is 166 cm³/mol. The Bertz CT molecular complexity index is 1560. The molecule has 42 heavy (non-hydrogen) atoms. The quantitative estimate of drug-likeness (QED) is 0.328. The summed E-state index contributed by atoms with van der Waals surface area (Å²) in [4.78, 5) is 21.9. The summed E-state index contributed by atoms with van der Waals surface area (Å²) in [6, 6.07) is 6.47. The number of benzene rings is 1. The largest absolute Gasteiger partial charge is 0.339 e. The highest BCUT2D eigenvalue weighted by Gasteiger charge is 2.27. The molecule has 0 bridgehead atoms. The number of hydrogen-bond donors (Lipinski definition) is 0. The molecule has 1 aromatic carbocycles. The second-order valence-corrected chi connectivity index (χ2v) is 13.9. The molecule has 1 saturated carbocycles. The van der Waals surface area contributed by atoms with E-state index in [9.17, 15) is 17.6 Å². The van der Waals surface area contributed by atoms with Crippen LogP contribution in [0.4, 0.5) is 4.39 Å². The number of carbonyl (C=O) groups excluding carboxylic acids is 1. The first-order valence-corrected chi connectivity index (χ1v) is 16.9. The van der Waals surface area contributed by atoms with E-state index in [0.29, 0.717) is 23.1 Å². The van der Waals surface area contributed by atoms with Gasteiger partial charge in [-0.05, 0) is 120 Å². The van der Waals surface area contributed by atoms with Crippen LogP contribution in [-0.2, 0) is 10.0 Å². The van der Waals surface area contributed by atoms with Crippen LogP contribution in [0.5, 0.6) is 0 Å². The molecule has 1 aliphatic carbocycles. The predicted octanol–water partition coefficient (Wildman–Crippen LogP) is 5.81. The molecule has 0 N–H and O–H groups in total. The molecule has 5 rings (SSSR count). The number of likely N-dealkylation sites (tertiary alicyclic amines) is 1. The Kier molecular flexibility index (Phi) is 9.13. The SMILES string of the molecule is CC(C)N(C)C(=O)c1cc(F)ccc1-n1cc(C2CCN(CCC3CCC(=NS(C)(=O)=O)CC3)CC2)c2ccncc21. The zero-order chi connectivity index (χ0) is 30.0. The van der Waals surface area contributed by atoms with Gasteiger partial charge in [0.25, 0.3) is 5.91 Å². The Morgan fingerprint density at radius 1 is 1.14 bits per heavy atom. The standard InChI is InChI=1S/C32H42FN5O3S/c1-22(2)36(3)32(39)28-19-25(33)7-10-30(28)38-21-29(27-11-15-34-20-31(27)38)24-13-17-37(18-14-24)16-12-23-5-8-26(9-6-23)35-42(4,40)41/h7,10-11,15,19-24H,5-6,8-9,12-14,16-18H2,1-4H3. The molecule has 2 aromatic heterocycles. The summed E-state index contributed by atoms with van der Waals surface area (Å²) in [5.41, 5.74) is 3.99. The molecule has 0 radical (unpaired) electrons. The second-order valence-electron chi connectivity index (χ2n) is 12.3. The van der Waals surface area contributed by atoms with Crippen LogP contribution in [0.1, 0.15) is 80.6 Å². The van der Waals surface area contributed by atoms with E-state index in [-0.39, 0.29) is 11.9 Å². The lowest BCUT2D eigenvalue weighted by atomic mass is 9.85. The van der Waals surface area contributed by atoms with E-state index in [1.165, 1.54) is 17.7 Å². The van der Waals surface area contributed by atoms with Gasteiger partial charge in [0.05, 0.1) is 29.2 Å². The second kappa shape index (κ2) is 12.6. The lowest BCUT2D eigenvalue weighted by Gasteiger charge is -2.33. The molecule has 1 saturated heterocycles. The van der Waals surface area contributed by atoms with Gasteiger partial charge in [-0.3, -0.25) is 9.78 Å². The average Bonchev–Trinajstić information content (AvgIpc) is 3.35. The van der Waals surface area contributed by atoms with Gasteiger partial charge in [0.15, 0.2) is 0 Å². The van der Waals surface area contributed by atoms with Crippen LogP contribution in [0.2, 0.25) is 0 Å². The smallest absolute Gasteiger partial charge is 0.256 e. The molecule has 10 heteroatoms. The van der Waals surface area contributed by atoms with Gasteiger partial charge in [-0.1, -0.05) is 0 Å². The molecule has 8 nitrogen and oxygen atoms in total. The van der Waals surface area contributed by atoms with E-state index in [0.717, 1.165) is 87.5 Å². The van der Waals surface area contributed by atoms with Gasteiger partial charge >= 0.3 is 0 Å². The van der Waals surface area contributed by atoms with Gasteiger partial charge in [-0.2, -0.15) is 4.40 Å². The fourth-order valence-corrected chi connectivity index (χ4v) is 7.05. The summed E-state index contributed by atoms with van der Waals surface area (Å²) in [6.45, 7) is 6.99. The van der Waals surface area contributed by atoms with Gasteiger partial charge < -0.3 is 14.4 Å². The third-order valence-electron chi connectivity index (χ3n) is 9.04. The highest BCUT2D eigenvalue weighted by molar-refractivity contribution is 7.89. The van der Waals surface area contributed by atoms with Gasteiger partial charge in [0, 0.05) is 36.6 Å². The van der Waals surface area contributed by atoms with Crippen LogP contribution in [0.25, 0.3) is 16.6 Å². The first-order valence-electron chi connectivity index (χ1n) is 15.0. The number of hydrogen-bond acceptors (Lipinski definition) is 5. The maximum Gasteiger partial charge on any atom is 0.256 e. The number of carbonyl (C=O) groups is 1. The van der Waals surface area contributed by atoms with Crippen molar-refractivity contribution >= 4 is 32.5 Å². The fraction of sp³-hybridized carbons (Fsp3) is 0.531. The molecule has 1 aliphatic heterocycles. The van der Waals surface area contributed by atoms with Gasteiger partial charge in [0.2, 0.25) is 10.0 Å². The van der Waals surface area contributed by atoms with Crippen LogP contribution in [-0.4, -0.2) is 78.4 Å². The zero-order valence-electron chi connectivity index (χ0n) is 25.1. The number of rotatable bonds is 8. The fourth-order valence-electron chi connectivity index (χ4n) is 6.40. The summed E-state index contributed by atoms with van der Waals surface area (Å²) in [7, 11) is -1.55. The number of halogens is 1. The molecule has 3 aromatic rings. The van der Waals surface area contributed by atoms with Crippen molar-refractivity contribution in [1.82, 2.24) is 19.4 Å². The highest BCUT2D eigenvalue weighted by atomic mass is 32.2. The van der Waals surface area contributed by atoms with E-state index in [1.807, 2.05) is 36.9 Å². The number of aromatic nitrogens is 2. The lowest BCUT2D eigenvalue weighted by Crippen LogP contribution is -2.34. The molecule has 3 heterocycles. The topological polar surface area (TPSA) is 87.9 Å². The molecular weight excluding hydrogens is 553 g/mol. The summed E-state index contributed by atoms with van der Waals surface area (Å²) in [5.74, 6) is 0.359. The van der Waals surface area contributed by atoms with E-state index < -0.39 is 15.8 Å². The molecule has 1 amide bonds. The van der Waals surface area contributed by atoms with E-state index in [2.05, 4.69) is 20.5 Å². The van der Waals surface area contributed by atoms with Crippen molar-refractivity contribution < 1.29 is 17.6 Å². The Morgan fingerprint density at radius 3 is 2.52 bits per heavy atom. The van der Waals surface area contributed by atoms with Crippen LogP contribution in [0.3, 0.4) is 0 Å². The molecule has 226 valence electrons. The van der Waals surface area contributed by atoms with Crippen LogP contribution < -0.4 is 0 Å². The Morgan fingerprint density at radius 2 is 1.86 bits per heavy atom. The normalized spacial score (nSPS) is 19.0. The van der Waals surface area contributed by atoms with Gasteiger partial charge in [-0.15, -0.1) is 0 Å². The lowest BCUT2D eigenvalue weighted by molar-refractivity contribution is 0.0754. The van der Waals surface area contributed by atoms with Crippen molar-refractivity contribution in [3.05, 3.63) is 59.8 Å². The van der Waals surface area contributed by atoms with Crippen molar-refractivity contribution in [2.75, 3.05) is 32.9 Å². The number of piperidine rings is 1. The number of sulfonamides is 1. The molecule has 0 atom stereocenters. The summed E-state index contributed by atoms with van der Waals surface area (Å²) >= 11 is 0. The van der Waals surface area contributed by atoms with Gasteiger partial charge in [-0.25, -0.2) is 12.8 Å². The average molecular weight is 596 g/mol. The van der Waals surface area contributed by atoms with Crippen molar-refractivity contribution in [3.8, 4) is 5.69 Å². The van der Waals surface area contributed by atoms with Crippen molar-refractivity contribution in [2.45, 2.75) is 70.8 Å². The maximum atomic E-state index is 14.4. The monoisotopic (exact) mass is 595 g/mol. The van der Waals surface area contributed by atoms with Crippen molar-refractivity contribution in [2.24, 2.45) is 10.3 Å². The zero-order valence-corrected chi connectivity index (χ0v) is 25.9. The third-order valence-corrected chi connectivity index (χ3v) is 9.63. The number of nitrogens with zero attached hydrogens (tertiary/aromatic N) is 5. The Labute approximate surface area is 248 Å². The minimum absolute atomic E-state index is 0.0123.